The molecule has 2 heterocycles. The van der Waals surface area contributed by atoms with E-state index in [2.05, 4.69) is 16.6 Å². The maximum Gasteiger partial charge on any atom is 0.0559 e. The fourth-order valence-corrected chi connectivity index (χ4v) is 2.15. The minimum absolute atomic E-state index is 1.03. The third kappa shape index (κ3) is 1.84. The summed E-state index contributed by atoms with van der Waals surface area (Å²) in [6.07, 6.45) is 1.17. The highest BCUT2D eigenvalue weighted by molar-refractivity contribution is 7.06. The van der Waals surface area contributed by atoms with Crippen molar-refractivity contribution in [3.8, 4) is 0 Å². The summed E-state index contributed by atoms with van der Waals surface area (Å²) < 4.78 is 4.30. The maximum absolute atomic E-state index is 4.30. The third-order valence-corrected chi connectivity index (χ3v) is 2.93. The van der Waals surface area contributed by atoms with Gasteiger partial charge in [-0.15, -0.1) is 0 Å². The summed E-state index contributed by atoms with van der Waals surface area (Å²) in [5, 5.41) is 3.33. The quantitative estimate of drug-likeness (QED) is 0.668. The Morgan fingerprint density at radius 1 is 1.42 bits per heavy atom. The van der Waals surface area contributed by atoms with Crippen LogP contribution < -0.4 is 5.32 Å². The molecule has 0 saturated carbocycles. The molecule has 0 spiro atoms. The lowest BCUT2D eigenvalue weighted by Gasteiger charge is -2.11. The Labute approximate surface area is 78.2 Å². The first-order chi connectivity index (χ1) is 5.88. The van der Waals surface area contributed by atoms with Gasteiger partial charge in [-0.3, -0.25) is 0 Å². The molecular weight excluding hydrogens is 168 g/mol. The Kier molecular flexibility index (Phi) is 3.69. The number of aryl methyl sites for hydroxylation is 1. The van der Waals surface area contributed by atoms with E-state index in [0.717, 1.165) is 13.1 Å². The smallest absolute Gasteiger partial charge is 0.0559 e. The van der Waals surface area contributed by atoms with Gasteiger partial charge in [0.15, 0.2) is 0 Å². The van der Waals surface area contributed by atoms with Crippen molar-refractivity contribution in [3.05, 3.63) is 16.1 Å². The standard InChI is InChI=1S/C7H10N2S.C2H6/c1-5-6-4-8-3-2-7(6)10-9-5;1-2/h8H,2-4H2,1H3;1-2H3. The summed E-state index contributed by atoms with van der Waals surface area (Å²) in [6.45, 7) is 8.23. The van der Waals surface area contributed by atoms with Crippen LogP contribution in [0.25, 0.3) is 0 Å². The summed E-state index contributed by atoms with van der Waals surface area (Å²) in [4.78, 5) is 1.48. The predicted molar refractivity (Wildman–Crippen MR) is 53.6 cm³/mol. The number of rotatable bonds is 0. The molecule has 0 bridgehead atoms. The molecule has 0 saturated heterocycles. The molecular formula is C9H16N2S. The first-order valence-corrected chi connectivity index (χ1v) is 5.30. The van der Waals surface area contributed by atoms with Crippen LogP contribution in [0.3, 0.4) is 0 Å². The Morgan fingerprint density at radius 2 is 2.17 bits per heavy atom. The lowest BCUT2D eigenvalue weighted by atomic mass is 10.1. The monoisotopic (exact) mass is 184 g/mol. The summed E-state index contributed by atoms with van der Waals surface area (Å²) in [6, 6.07) is 0. The molecule has 0 radical (unpaired) electrons. The van der Waals surface area contributed by atoms with Crippen LogP contribution in [-0.2, 0) is 13.0 Å². The molecule has 1 aliphatic heterocycles. The van der Waals surface area contributed by atoms with E-state index in [1.165, 1.54) is 22.6 Å². The highest BCUT2D eigenvalue weighted by atomic mass is 32.1. The van der Waals surface area contributed by atoms with E-state index in [9.17, 15) is 0 Å². The molecule has 1 N–H and O–H groups in total. The zero-order valence-electron chi connectivity index (χ0n) is 7.98. The Morgan fingerprint density at radius 3 is 2.83 bits per heavy atom. The van der Waals surface area contributed by atoms with Gasteiger partial charge in [-0.25, -0.2) is 0 Å². The van der Waals surface area contributed by atoms with Crippen molar-refractivity contribution in [2.45, 2.75) is 33.7 Å². The summed E-state index contributed by atoms with van der Waals surface area (Å²) in [7, 11) is 0. The highest BCUT2D eigenvalue weighted by Gasteiger charge is 2.13. The molecule has 0 atom stereocenters. The second-order valence-corrected chi connectivity index (χ2v) is 3.45. The number of aromatic nitrogens is 1. The predicted octanol–water partition coefficient (Wildman–Crippen LogP) is 2.12. The molecule has 0 aliphatic carbocycles. The number of hydrogen-bond donors (Lipinski definition) is 1. The average Bonchev–Trinajstić information content (AvgIpc) is 2.53. The second kappa shape index (κ2) is 4.58. The van der Waals surface area contributed by atoms with Crippen LogP contribution >= 0.6 is 11.5 Å². The molecule has 68 valence electrons. The van der Waals surface area contributed by atoms with Gasteiger partial charge in [0.25, 0.3) is 0 Å². The van der Waals surface area contributed by atoms with Gasteiger partial charge in [0.2, 0.25) is 0 Å². The first-order valence-electron chi connectivity index (χ1n) is 4.52. The van der Waals surface area contributed by atoms with Crippen molar-refractivity contribution in [2.24, 2.45) is 0 Å². The van der Waals surface area contributed by atoms with Crippen LogP contribution in [0.5, 0.6) is 0 Å². The van der Waals surface area contributed by atoms with Crippen LogP contribution in [0.4, 0.5) is 0 Å². The molecule has 0 fully saturated rings. The molecule has 1 aliphatic rings. The van der Waals surface area contributed by atoms with Crippen molar-refractivity contribution >= 4 is 11.5 Å². The molecule has 0 amide bonds. The van der Waals surface area contributed by atoms with E-state index in [1.54, 1.807) is 11.5 Å². The van der Waals surface area contributed by atoms with Crippen LogP contribution in [-0.4, -0.2) is 10.9 Å². The van der Waals surface area contributed by atoms with Crippen LogP contribution in [0.15, 0.2) is 0 Å². The molecule has 0 aromatic carbocycles. The van der Waals surface area contributed by atoms with Gasteiger partial charge in [0, 0.05) is 23.5 Å². The van der Waals surface area contributed by atoms with Crippen molar-refractivity contribution < 1.29 is 0 Å². The molecule has 0 unspecified atom stereocenters. The van der Waals surface area contributed by atoms with Gasteiger partial charge in [-0.2, -0.15) is 4.37 Å². The summed E-state index contributed by atoms with van der Waals surface area (Å²) >= 11 is 1.66. The van der Waals surface area contributed by atoms with Crippen molar-refractivity contribution in [1.82, 2.24) is 9.69 Å². The van der Waals surface area contributed by atoms with E-state index in [0.29, 0.717) is 0 Å². The molecule has 12 heavy (non-hydrogen) atoms. The van der Waals surface area contributed by atoms with Gasteiger partial charge >= 0.3 is 0 Å². The van der Waals surface area contributed by atoms with Gasteiger partial charge in [0.1, 0.15) is 0 Å². The average molecular weight is 184 g/mol. The van der Waals surface area contributed by atoms with E-state index < -0.39 is 0 Å². The minimum Gasteiger partial charge on any atom is -0.312 e. The fourth-order valence-electron chi connectivity index (χ4n) is 1.27. The summed E-state index contributed by atoms with van der Waals surface area (Å²) in [5.41, 5.74) is 2.66. The number of fused-ring (bicyclic) bond motifs is 1. The molecule has 1 aromatic rings. The van der Waals surface area contributed by atoms with Gasteiger partial charge in [-0.05, 0) is 24.9 Å². The number of nitrogens with zero attached hydrogens (tertiary/aromatic N) is 1. The van der Waals surface area contributed by atoms with Gasteiger partial charge in [0.05, 0.1) is 5.69 Å². The largest absolute Gasteiger partial charge is 0.312 e. The number of hydrogen-bond acceptors (Lipinski definition) is 3. The lowest BCUT2D eigenvalue weighted by Crippen LogP contribution is -2.22. The van der Waals surface area contributed by atoms with Crippen LogP contribution in [0.2, 0.25) is 0 Å². The van der Waals surface area contributed by atoms with Crippen molar-refractivity contribution in [3.63, 3.8) is 0 Å². The molecule has 2 rings (SSSR count). The normalized spacial score (nSPS) is 14.6. The Hall–Kier alpha value is -0.410. The number of nitrogens with one attached hydrogen (secondary N) is 1. The SMILES string of the molecule is CC.Cc1nsc2c1CNCC2. The zero-order valence-corrected chi connectivity index (χ0v) is 8.79. The van der Waals surface area contributed by atoms with E-state index in [1.807, 2.05) is 13.8 Å². The zero-order chi connectivity index (χ0) is 8.97. The van der Waals surface area contributed by atoms with Crippen LogP contribution in [0, 0.1) is 6.92 Å². The fraction of sp³-hybridized carbons (Fsp3) is 0.667. The molecule has 1 aromatic heterocycles. The van der Waals surface area contributed by atoms with Crippen LogP contribution in [0.1, 0.15) is 30.0 Å². The maximum atomic E-state index is 4.30. The van der Waals surface area contributed by atoms with Gasteiger partial charge < -0.3 is 5.32 Å². The van der Waals surface area contributed by atoms with E-state index in [-0.39, 0.29) is 0 Å². The van der Waals surface area contributed by atoms with E-state index in [4.69, 9.17) is 0 Å². The van der Waals surface area contributed by atoms with Crippen molar-refractivity contribution in [1.29, 1.82) is 0 Å². The molecule has 3 heteroatoms. The minimum atomic E-state index is 1.03. The highest BCUT2D eigenvalue weighted by Crippen LogP contribution is 2.20. The molecule has 2 nitrogen and oxygen atoms in total. The lowest BCUT2D eigenvalue weighted by molar-refractivity contribution is 0.649. The second-order valence-electron chi connectivity index (χ2n) is 2.60. The Balaban J connectivity index is 0.000000336. The topological polar surface area (TPSA) is 24.9 Å². The Bertz CT molecular complexity index is 243. The third-order valence-electron chi connectivity index (χ3n) is 1.90. The van der Waals surface area contributed by atoms with Gasteiger partial charge in [-0.1, -0.05) is 13.8 Å². The van der Waals surface area contributed by atoms with Crippen molar-refractivity contribution in [2.75, 3.05) is 6.54 Å². The van der Waals surface area contributed by atoms with E-state index >= 15 is 0 Å². The first kappa shape index (κ1) is 9.68. The summed E-state index contributed by atoms with van der Waals surface area (Å²) in [5.74, 6) is 0.